The number of para-hydroxylation sites is 3. The molecule has 2 aromatic rings. The first kappa shape index (κ1) is 22.6. The number of carbonyl (C=O) groups is 3. The van der Waals surface area contributed by atoms with Gasteiger partial charge < -0.3 is 25.0 Å². The number of nitrogens with zero attached hydrogens (tertiary/aromatic N) is 2. The van der Waals surface area contributed by atoms with Crippen LogP contribution in [0.5, 0.6) is 11.5 Å². The fraction of sp³-hybridized carbons (Fsp3) is 0.375. The second-order valence-electron chi connectivity index (χ2n) is 7.99. The molecule has 0 unspecified atom stereocenters. The van der Waals surface area contributed by atoms with Crippen LogP contribution in [0.1, 0.15) is 16.8 Å². The van der Waals surface area contributed by atoms with E-state index in [4.69, 9.17) is 9.47 Å². The summed E-state index contributed by atoms with van der Waals surface area (Å²) in [5.74, 6) is 0.520. The summed E-state index contributed by atoms with van der Waals surface area (Å²) in [4.78, 5) is 41.8. The highest BCUT2D eigenvalue weighted by atomic mass is 16.5. The maximum absolute atomic E-state index is 12.8. The van der Waals surface area contributed by atoms with Crippen LogP contribution in [0.3, 0.4) is 0 Å². The Hall–Kier alpha value is -3.59. The van der Waals surface area contributed by atoms with Gasteiger partial charge in [0.2, 0.25) is 11.8 Å². The minimum atomic E-state index is -0.898. The van der Waals surface area contributed by atoms with Gasteiger partial charge in [-0.05, 0) is 24.3 Å². The molecule has 33 heavy (non-hydrogen) atoms. The Labute approximate surface area is 192 Å². The summed E-state index contributed by atoms with van der Waals surface area (Å²) in [6, 6.07) is 13.4. The van der Waals surface area contributed by atoms with Crippen LogP contribution in [0.2, 0.25) is 0 Å². The standard InChI is InChI=1S/C24H28N4O5/c1-32-20-8-4-5-9-21(20)33-15-14-27-10-12-28(13-11-27)22(29)16-19-24(31)25-18-7-3-2-6-17(18)23(30)26-19/h2-9,19H,10-16H2,1H3,(H,25,31)(H,26,30)/t19-/m1/s1. The number of piperazine rings is 1. The van der Waals surface area contributed by atoms with Crippen molar-refractivity contribution in [2.24, 2.45) is 0 Å². The molecular weight excluding hydrogens is 424 g/mol. The van der Waals surface area contributed by atoms with Gasteiger partial charge >= 0.3 is 0 Å². The first-order valence-electron chi connectivity index (χ1n) is 11.0. The third-order valence-electron chi connectivity index (χ3n) is 5.89. The van der Waals surface area contributed by atoms with E-state index in [0.29, 0.717) is 42.4 Å². The molecule has 9 heteroatoms. The highest BCUT2D eigenvalue weighted by Crippen LogP contribution is 2.25. The third-order valence-corrected chi connectivity index (χ3v) is 5.89. The Morgan fingerprint density at radius 1 is 1.00 bits per heavy atom. The summed E-state index contributed by atoms with van der Waals surface area (Å²) in [5.41, 5.74) is 0.851. The third kappa shape index (κ3) is 5.43. The number of nitrogens with one attached hydrogen (secondary N) is 2. The van der Waals surface area contributed by atoms with Gasteiger partial charge in [-0.3, -0.25) is 19.3 Å². The van der Waals surface area contributed by atoms with Crippen LogP contribution in [0.4, 0.5) is 5.69 Å². The smallest absolute Gasteiger partial charge is 0.254 e. The Morgan fingerprint density at radius 3 is 2.45 bits per heavy atom. The summed E-state index contributed by atoms with van der Waals surface area (Å²) < 4.78 is 11.1. The Kier molecular flexibility index (Phi) is 7.09. The Morgan fingerprint density at radius 2 is 1.70 bits per heavy atom. The summed E-state index contributed by atoms with van der Waals surface area (Å²) in [7, 11) is 1.61. The summed E-state index contributed by atoms with van der Waals surface area (Å²) in [6.07, 6.45) is -0.0670. The van der Waals surface area contributed by atoms with Gasteiger partial charge in [-0.2, -0.15) is 0 Å². The molecule has 1 fully saturated rings. The number of rotatable bonds is 7. The van der Waals surface area contributed by atoms with Gasteiger partial charge in [0.25, 0.3) is 5.91 Å². The van der Waals surface area contributed by atoms with Crippen molar-refractivity contribution in [1.29, 1.82) is 0 Å². The number of fused-ring (bicyclic) bond motifs is 1. The molecule has 0 radical (unpaired) electrons. The maximum atomic E-state index is 12.8. The number of hydrogen-bond donors (Lipinski definition) is 2. The van der Waals surface area contributed by atoms with E-state index in [-0.39, 0.29) is 24.1 Å². The van der Waals surface area contributed by atoms with E-state index in [1.54, 1.807) is 36.3 Å². The van der Waals surface area contributed by atoms with E-state index in [2.05, 4.69) is 15.5 Å². The average Bonchev–Trinajstić information content (AvgIpc) is 2.95. The van der Waals surface area contributed by atoms with E-state index in [0.717, 1.165) is 19.6 Å². The molecule has 9 nitrogen and oxygen atoms in total. The number of methoxy groups -OCH3 is 1. The van der Waals surface area contributed by atoms with Crippen molar-refractivity contribution in [3.8, 4) is 11.5 Å². The number of benzene rings is 2. The van der Waals surface area contributed by atoms with Crippen LogP contribution >= 0.6 is 0 Å². The minimum Gasteiger partial charge on any atom is -0.493 e. The van der Waals surface area contributed by atoms with Crippen LogP contribution < -0.4 is 20.1 Å². The molecular formula is C24H28N4O5. The first-order valence-corrected chi connectivity index (χ1v) is 11.0. The first-order chi connectivity index (χ1) is 16.0. The van der Waals surface area contributed by atoms with Gasteiger partial charge in [0.15, 0.2) is 11.5 Å². The van der Waals surface area contributed by atoms with E-state index >= 15 is 0 Å². The quantitative estimate of drug-likeness (QED) is 0.658. The van der Waals surface area contributed by atoms with Gasteiger partial charge in [-0.15, -0.1) is 0 Å². The van der Waals surface area contributed by atoms with E-state index in [9.17, 15) is 14.4 Å². The molecule has 2 aliphatic heterocycles. The lowest BCUT2D eigenvalue weighted by Crippen LogP contribution is -2.52. The lowest BCUT2D eigenvalue weighted by atomic mass is 10.1. The molecule has 2 N–H and O–H groups in total. The van der Waals surface area contributed by atoms with Crippen molar-refractivity contribution in [1.82, 2.24) is 15.1 Å². The van der Waals surface area contributed by atoms with Crippen LogP contribution in [0.15, 0.2) is 48.5 Å². The van der Waals surface area contributed by atoms with Crippen molar-refractivity contribution < 1.29 is 23.9 Å². The monoisotopic (exact) mass is 452 g/mol. The molecule has 174 valence electrons. The number of anilines is 1. The number of amides is 3. The predicted molar refractivity (Wildman–Crippen MR) is 122 cm³/mol. The molecule has 0 bridgehead atoms. The normalized spacial score (nSPS) is 18.6. The second-order valence-corrected chi connectivity index (χ2v) is 7.99. The van der Waals surface area contributed by atoms with Crippen molar-refractivity contribution >= 4 is 23.4 Å². The van der Waals surface area contributed by atoms with Gasteiger partial charge in [0.1, 0.15) is 12.6 Å². The maximum Gasteiger partial charge on any atom is 0.254 e. The van der Waals surface area contributed by atoms with Crippen molar-refractivity contribution in [3.63, 3.8) is 0 Å². The van der Waals surface area contributed by atoms with E-state index in [1.165, 1.54) is 0 Å². The molecule has 0 saturated carbocycles. The van der Waals surface area contributed by atoms with Crippen LogP contribution in [0.25, 0.3) is 0 Å². The molecule has 0 aromatic heterocycles. The van der Waals surface area contributed by atoms with E-state index in [1.807, 2.05) is 24.3 Å². The fourth-order valence-corrected chi connectivity index (χ4v) is 4.00. The predicted octanol–water partition coefficient (Wildman–Crippen LogP) is 1.36. The Balaban J connectivity index is 1.23. The van der Waals surface area contributed by atoms with Gasteiger partial charge in [0.05, 0.1) is 24.8 Å². The van der Waals surface area contributed by atoms with Crippen molar-refractivity contribution in [3.05, 3.63) is 54.1 Å². The lowest BCUT2D eigenvalue weighted by Gasteiger charge is -2.35. The SMILES string of the molecule is COc1ccccc1OCCN1CCN(C(=O)C[C@H]2NC(=O)c3ccccc3NC2=O)CC1. The zero-order valence-electron chi connectivity index (χ0n) is 18.6. The second kappa shape index (κ2) is 10.4. The molecule has 1 saturated heterocycles. The molecule has 2 aliphatic rings. The highest BCUT2D eigenvalue weighted by molar-refractivity contribution is 6.10. The Bertz CT molecular complexity index is 1020. The topological polar surface area (TPSA) is 100 Å². The summed E-state index contributed by atoms with van der Waals surface area (Å²) >= 11 is 0. The van der Waals surface area contributed by atoms with Crippen LogP contribution in [0, 0.1) is 0 Å². The number of hydrogen-bond acceptors (Lipinski definition) is 6. The fourth-order valence-electron chi connectivity index (χ4n) is 4.00. The summed E-state index contributed by atoms with van der Waals surface area (Å²) in [6.45, 7) is 3.82. The largest absolute Gasteiger partial charge is 0.493 e. The zero-order chi connectivity index (χ0) is 23.2. The lowest BCUT2D eigenvalue weighted by molar-refractivity contribution is -0.135. The van der Waals surface area contributed by atoms with Crippen LogP contribution in [-0.4, -0.2) is 80.0 Å². The molecule has 0 aliphatic carbocycles. The van der Waals surface area contributed by atoms with E-state index < -0.39 is 6.04 Å². The molecule has 4 rings (SSSR count). The van der Waals surface area contributed by atoms with Gasteiger partial charge in [-0.1, -0.05) is 24.3 Å². The summed E-state index contributed by atoms with van der Waals surface area (Å²) in [5, 5.41) is 5.42. The molecule has 1 atom stereocenters. The van der Waals surface area contributed by atoms with Gasteiger partial charge in [0, 0.05) is 32.7 Å². The number of carbonyl (C=O) groups excluding carboxylic acids is 3. The van der Waals surface area contributed by atoms with Gasteiger partial charge in [-0.25, -0.2) is 0 Å². The molecule has 2 heterocycles. The highest BCUT2D eigenvalue weighted by Gasteiger charge is 2.31. The van der Waals surface area contributed by atoms with Crippen molar-refractivity contribution in [2.45, 2.75) is 12.5 Å². The minimum absolute atomic E-state index is 0.0670. The molecule has 0 spiro atoms. The zero-order valence-corrected chi connectivity index (χ0v) is 18.6. The number of ether oxygens (including phenoxy) is 2. The van der Waals surface area contributed by atoms with Crippen molar-refractivity contribution in [2.75, 3.05) is 51.8 Å². The average molecular weight is 453 g/mol. The van der Waals surface area contributed by atoms with Crippen LogP contribution in [-0.2, 0) is 9.59 Å². The molecule has 2 aromatic carbocycles. The molecule has 3 amide bonds.